The van der Waals surface area contributed by atoms with Crippen LogP contribution in [0, 0.1) is 0 Å². The molecule has 208 valence electrons. The second kappa shape index (κ2) is 13.1. The topological polar surface area (TPSA) is 82.8 Å². The zero-order valence-electron chi connectivity index (χ0n) is 22.7. The summed E-state index contributed by atoms with van der Waals surface area (Å²) >= 11 is 6.75. The first-order chi connectivity index (χ1) is 20.1. The van der Waals surface area contributed by atoms with Crippen molar-refractivity contribution in [3.05, 3.63) is 119 Å². The van der Waals surface area contributed by atoms with Crippen LogP contribution in [0.25, 0.3) is 22.5 Å². The summed E-state index contributed by atoms with van der Waals surface area (Å²) in [7, 11) is 1.60. The Morgan fingerprint density at radius 2 is 1.46 bits per heavy atom. The number of nitrogens with one attached hydrogen (secondary N) is 1. The van der Waals surface area contributed by atoms with Gasteiger partial charge in [0.2, 0.25) is 0 Å². The van der Waals surface area contributed by atoms with E-state index in [1.54, 1.807) is 19.2 Å². The summed E-state index contributed by atoms with van der Waals surface area (Å²) < 4.78 is 23.6. The molecule has 0 bridgehead atoms. The molecule has 7 nitrogen and oxygen atoms in total. The summed E-state index contributed by atoms with van der Waals surface area (Å²) in [5.74, 6) is 1.60. The van der Waals surface area contributed by atoms with Gasteiger partial charge in [-0.2, -0.15) is 0 Å². The van der Waals surface area contributed by atoms with E-state index in [2.05, 4.69) is 10.5 Å². The smallest absolute Gasteiger partial charge is 0.274 e. The highest BCUT2D eigenvalue weighted by Gasteiger charge is 2.27. The molecule has 0 radical (unpaired) electrons. The predicted molar refractivity (Wildman–Crippen MR) is 158 cm³/mol. The molecule has 1 aromatic heterocycles. The molecule has 0 atom stereocenters. The second-order valence-electron chi connectivity index (χ2n) is 9.15. The zero-order valence-corrected chi connectivity index (χ0v) is 23.5. The fourth-order valence-electron chi connectivity index (χ4n) is 4.31. The highest BCUT2D eigenvalue weighted by molar-refractivity contribution is 6.32. The van der Waals surface area contributed by atoms with Gasteiger partial charge in [0, 0.05) is 12.6 Å². The molecule has 0 saturated carbocycles. The van der Waals surface area contributed by atoms with Crippen LogP contribution in [0.1, 0.15) is 28.5 Å². The molecular formula is C33H29ClN2O5. The van der Waals surface area contributed by atoms with Crippen molar-refractivity contribution in [3.63, 3.8) is 0 Å². The Hall–Kier alpha value is -4.75. The number of ether oxygens (including phenoxy) is 3. The van der Waals surface area contributed by atoms with Gasteiger partial charge in [-0.15, -0.1) is 0 Å². The first kappa shape index (κ1) is 27.8. The quantitative estimate of drug-likeness (QED) is 0.177. The average Bonchev–Trinajstić information content (AvgIpc) is 3.46. The Morgan fingerprint density at radius 3 is 2.05 bits per heavy atom. The maximum absolute atomic E-state index is 13.0. The Bertz CT molecular complexity index is 1600. The maximum Gasteiger partial charge on any atom is 0.274 e. The fraction of sp³-hybridized carbons (Fsp3) is 0.152. The summed E-state index contributed by atoms with van der Waals surface area (Å²) in [4.78, 5) is 13.0. The lowest BCUT2D eigenvalue weighted by Gasteiger charge is -2.15. The van der Waals surface area contributed by atoms with Gasteiger partial charge >= 0.3 is 0 Å². The molecule has 0 unspecified atom stereocenters. The molecule has 4 aromatic carbocycles. The second-order valence-corrected chi connectivity index (χ2v) is 9.56. The summed E-state index contributed by atoms with van der Waals surface area (Å²) in [6.45, 7) is 2.91. The van der Waals surface area contributed by atoms with Gasteiger partial charge in [0.25, 0.3) is 5.91 Å². The third-order valence-electron chi connectivity index (χ3n) is 6.38. The molecule has 0 aliphatic heterocycles. The number of carbonyl (C=O) groups is 1. The van der Waals surface area contributed by atoms with Crippen LogP contribution in [0.4, 0.5) is 0 Å². The number of rotatable bonds is 11. The van der Waals surface area contributed by atoms with Crippen LogP contribution in [-0.4, -0.2) is 24.7 Å². The van der Waals surface area contributed by atoms with E-state index in [-0.39, 0.29) is 11.6 Å². The van der Waals surface area contributed by atoms with E-state index in [1.165, 1.54) is 0 Å². The minimum absolute atomic E-state index is 0.154. The first-order valence-corrected chi connectivity index (χ1v) is 13.5. The number of nitrogens with zero attached hydrogens (tertiary/aromatic N) is 1. The molecule has 0 saturated heterocycles. The van der Waals surface area contributed by atoms with Gasteiger partial charge in [0.05, 0.1) is 23.3 Å². The third-order valence-corrected chi connectivity index (χ3v) is 6.67. The number of aromatic nitrogens is 1. The van der Waals surface area contributed by atoms with Crippen LogP contribution < -0.4 is 19.5 Å². The van der Waals surface area contributed by atoms with Crippen molar-refractivity contribution in [1.29, 1.82) is 0 Å². The van der Waals surface area contributed by atoms with Gasteiger partial charge in [0.15, 0.2) is 11.5 Å². The predicted octanol–water partition coefficient (Wildman–Crippen LogP) is 7.58. The van der Waals surface area contributed by atoms with E-state index >= 15 is 0 Å². The van der Waals surface area contributed by atoms with E-state index < -0.39 is 0 Å². The largest absolute Gasteiger partial charge is 0.497 e. The fourth-order valence-corrected chi connectivity index (χ4v) is 4.53. The van der Waals surface area contributed by atoms with Gasteiger partial charge in [0.1, 0.15) is 30.5 Å². The van der Waals surface area contributed by atoms with Crippen molar-refractivity contribution in [1.82, 2.24) is 10.5 Å². The normalized spacial score (nSPS) is 10.7. The van der Waals surface area contributed by atoms with Crippen LogP contribution >= 0.6 is 11.6 Å². The standard InChI is InChI=1S/C33H29ClN2O5/c1-3-35-33(37)31-30(24-14-16-25(38-2)17-15-24)32(41-36-31)26-18-27(34)29(40-21-23-12-8-5-9-13-23)19-28(26)39-20-22-10-6-4-7-11-22/h4-19H,3,20-21H2,1-2H3,(H,35,37). The summed E-state index contributed by atoms with van der Waals surface area (Å²) in [5, 5.41) is 7.34. The Labute approximate surface area is 243 Å². The third kappa shape index (κ3) is 6.53. The Kier molecular flexibility index (Phi) is 8.86. The van der Waals surface area contributed by atoms with Gasteiger partial charge in [-0.3, -0.25) is 4.79 Å². The molecular weight excluding hydrogens is 540 g/mol. The van der Waals surface area contributed by atoms with Crippen LogP contribution in [0.15, 0.2) is 102 Å². The van der Waals surface area contributed by atoms with E-state index in [9.17, 15) is 4.79 Å². The van der Waals surface area contributed by atoms with Crippen LogP contribution in [0.5, 0.6) is 17.2 Å². The van der Waals surface area contributed by atoms with Crippen LogP contribution in [0.3, 0.4) is 0 Å². The Morgan fingerprint density at radius 1 is 0.854 bits per heavy atom. The number of amides is 1. The van der Waals surface area contributed by atoms with Crippen LogP contribution in [0.2, 0.25) is 5.02 Å². The molecule has 1 N–H and O–H groups in total. The van der Waals surface area contributed by atoms with E-state index in [0.29, 0.717) is 58.9 Å². The minimum Gasteiger partial charge on any atom is -0.497 e. The highest BCUT2D eigenvalue weighted by atomic mass is 35.5. The SMILES string of the molecule is CCNC(=O)c1noc(-c2cc(Cl)c(OCc3ccccc3)cc2OCc2ccccc2)c1-c1ccc(OC)cc1. The van der Waals surface area contributed by atoms with Crippen molar-refractivity contribution < 1.29 is 23.5 Å². The molecule has 41 heavy (non-hydrogen) atoms. The number of benzene rings is 4. The monoisotopic (exact) mass is 568 g/mol. The van der Waals surface area contributed by atoms with Crippen LogP contribution in [-0.2, 0) is 13.2 Å². The molecule has 5 aromatic rings. The van der Waals surface area contributed by atoms with Crippen molar-refractivity contribution in [3.8, 4) is 39.7 Å². The first-order valence-electron chi connectivity index (χ1n) is 13.2. The molecule has 0 aliphatic carbocycles. The lowest BCUT2D eigenvalue weighted by molar-refractivity contribution is 0.0947. The number of carbonyl (C=O) groups excluding carboxylic acids is 1. The summed E-state index contributed by atoms with van der Waals surface area (Å²) in [6, 6.07) is 30.4. The molecule has 5 rings (SSSR count). The van der Waals surface area contributed by atoms with E-state index in [1.807, 2.05) is 91.9 Å². The molecule has 1 amide bonds. The number of methoxy groups -OCH3 is 1. The lowest BCUT2D eigenvalue weighted by atomic mass is 9.98. The maximum atomic E-state index is 13.0. The molecule has 0 fully saturated rings. The van der Waals surface area contributed by atoms with Crippen molar-refractivity contribution in [2.75, 3.05) is 13.7 Å². The average molecular weight is 569 g/mol. The Balaban J connectivity index is 1.60. The van der Waals surface area contributed by atoms with E-state index in [0.717, 1.165) is 16.7 Å². The number of halogens is 1. The molecule has 0 spiro atoms. The van der Waals surface area contributed by atoms with Gasteiger partial charge < -0.3 is 24.1 Å². The lowest BCUT2D eigenvalue weighted by Crippen LogP contribution is -2.23. The summed E-state index contributed by atoms with van der Waals surface area (Å²) in [5.41, 5.74) is 3.91. The van der Waals surface area contributed by atoms with Gasteiger partial charge in [-0.05, 0) is 41.8 Å². The molecule has 8 heteroatoms. The van der Waals surface area contributed by atoms with Gasteiger partial charge in [-0.25, -0.2) is 0 Å². The van der Waals surface area contributed by atoms with E-state index in [4.69, 9.17) is 30.3 Å². The number of hydrogen-bond acceptors (Lipinski definition) is 6. The summed E-state index contributed by atoms with van der Waals surface area (Å²) in [6.07, 6.45) is 0. The van der Waals surface area contributed by atoms with Crippen molar-refractivity contribution in [2.45, 2.75) is 20.1 Å². The minimum atomic E-state index is -0.353. The van der Waals surface area contributed by atoms with Crippen molar-refractivity contribution in [2.24, 2.45) is 0 Å². The highest BCUT2D eigenvalue weighted by Crippen LogP contribution is 2.44. The molecule has 1 heterocycles. The molecule has 0 aliphatic rings. The van der Waals surface area contributed by atoms with Gasteiger partial charge in [-0.1, -0.05) is 89.6 Å². The zero-order chi connectivity index (χ0) is 28.6. The number of hydrogen-bond donors (Lipinski definition) is 1. The van der Waals surface area contributed by atoms with Crippen molar-refractivity contribution >= 4 is 17.5 Å².